The van der Waals surface area contributed by atoms with E-state index in [1.165, 1.54) is 12.1 Å². The Kier molecular flexibility index (Phi) is 5.36. The number of unbranched alkanes of at least 4 members (excludes halogenated alkanes) is 1. The summed E-state index contributed by atoms with van der Waals surface area (Å²) in [5, 5.41) is 3.75. The number of amides is 2. The number of halogens is 1. The van der Waals surface area contributed by atoms with Crippen molar-refractivity contribution in [2.75, 3.05) is 19.6 Å². The van der Waals surface area contributed by atoms with Crippen molar-refractivity contribution >= 4 is 22.7 Å². The van der Waals surface area contributed by atoms with Crippen LogP contribution in [0.25, 0.3) is 10.9 Å². The van der Waals surface area contributed by atoms with Crippen LogP contribution in [0.4, 0.5) is 4.39 Å². The molecule has 3 rings (SSSR count). The van der Waals surface area contributed by atoms with Crippen molar-refractivity contribution in [3.8, 4) is 0 Å². The smallest absolute Gasteiger partial charge is 0.225 e. The second-order valence-corrected chi connectivity index (χ2v) is 6.64. The van der Waals surface area contributed by atoms with Crippen LogP contribution in [0.2, 0.25) is 0 Å². The van der Waals surface area contributed by atoms with Gasteiger partial charge >= 0.3 is 0 Å². The number of hydrogen-bond donors (Lipinski definition) is 2. The van der Waals surface area contributed by atoms with Gasteiger partial charge in [0.25, 0.3) is 0 Å². The lowest BCUT2D eigenvalue weighted by Crippen LogP contribution is -2.34. The molecule has 25 heavy (non-hydrogen) atoms. The van der Waals surface area contributed by atoms with Crippen molar-refractivity contribution in [1.29, 1.82) is 0 Å². The highest BCUT2D eigenvalue weighted by molar-refractivity contribution is 5.89. The zero-order chi connectivity index (χ0) is 17.8. The van der Waals surface area contributed by atoms with Gasteiger partial charge in [0.2, 0.25) is 11.8 Å². The maximum atomic E-state index is 13.4. The summed E-state index contributed by atoms with van der Waals surface area (Å²) >= 11 is 0. The van der Waals surface area contributed by atoms with Crippen LogP contribution >= 0.6 is 0 Å². The first kappa shape index (κ1) is 17.5. The van der Waals surface area contributed by atoms with Crippen LogP contribution in [-0.2, 0) is 16.0 Å². The Hall–Kier alpha value is -2.37. The Morgan fingerprint density at radius 1 is 1.44 bits per heavy atom. The molecule has 6 heteroatoms. The fourth-order valence-electron chi connectivity index (χ4n) is 3.31. The first-order valence-corrected chi connectivity index (χ1v) is 8.89. The van der Waals surface area contributed by atoms with E-state index in [0.717, 1.165) is 29.3 Å². The first-order valence-electron chi connectivity index (χ1n) is 8.89. The van der Waals surface area contributed by atoms with Gasteiger partial charge in [-0.2, -0.15) is 0 Å². The van der Waals surface area contributed by atoms with Gasteiger partial charge in [0, 0.05) is 43.2 Å². The molecule has 0 saturated carbocycles. The van der Waals surface area contributed by atoms with E-state index in [2.05, 4.69) is 17.2 Å². The molecule has 1 aromatic carbocycles. The van der Waals surface area contributed by atoms with Gasteiger partial charge in [-0.3, -0.25) is 9.59 Å². The molecule has 0 spiro atoms. The highest BCUT2D eigenvalue weighted by Gasteiger charge is 2.33. The van der Waals surface area contributed by atoms with Gasteiger partial charge in [0.1, 0.15) is 5.82 Å². The fourth-order valence-corrected chi connectivity index (χ4v) is 3.31. The molecule has 0 aliphatic carbocycles. The molecular formula is C19H24FN3O2. The van der Waals surface area contributed by atoms with Crippen molar-refractivity contribution in [1.82, 2.24) is 15.2 Å². The number of nitrogens with zero attached hydrogens (tertiary/aromatic N) is 1. The van der Waals surface area contributed by atoms with Gasteiger partial charge in [-0.1, -0.05) is 13.3 Å². The highest BCUT2D eigenvalue weighted by Crippen LogP contribution is 2.22. The lowest BCUT2D eigenvalue weighted by atomic mass is 10.1. The summed E-state index contributed by atoms with van der Waals surface area (Å²) in [6.45, 7) is 3.75. The number of aromatic amines is 1. The number of hydrogen-bond acceptors (Lipinski definition) is 2. The molecule has 5 nitrogen and oxygen atoms in total. The third-order valence-corrected chi connectivity index (χ3v) is 4.80. The van der Waals surface area contributed by atoms with Gasteiger partial charge < -0.3 is 15.2 Å². The Morgan fingerprint density at radius 2 is 2.28 bits per heavy atom. The molecule has 2 N–H and O–H groups in total. The Labute approximate surface area is 146 Å². The average molecular weight is 345 g/mol. The molecule has 134 valence electrons. The monoisotopic (exact) mass is 345 g/mol. The van der Waals surface area contributed by atoms with E-state index < -0.39 is 0 Å². The van der Waals surface area contributed by atoms with E-state index in [1.807, 2.05) is 6.20 Å². The maximum Gasteiger partial charge on any atom is 0.225 e. The second kappa shape index (κ2) is 7.68. The standard InChI is InChI=1S/C19H24FN3O2/c1-2-3-7-21-19(25)14-9-18(24)23(12-14)8-6-13-11-22-17-5-4-15(20)10-16(13)17/h4-5,10-11,14,22H,2-3,6-9,12H2,1H3,(H,21,25). The molecule has 2 heterocycles. The molecule has 1 aromatic heterocycles. The van der Waals surface area contributed by atoms with E-state index in [9.17, 15) is 14.0 Å². The maximum absolute atomic E-state index is 13.4. The number of H-pyrrole nitrogens is 1. The third kappa shape index (κ3) is 4.00. The van der Waals surface area contributed by atoms with Crippen molar-refractivity contribution in [3.05, 3.63) is 35.8 Å². The van der Waals surface area contributed by atoms with Crippen molar-refractivity contribution in [2.24, 2.45) is 5.92 Å². The largest absolute Gasteiger partial charge is 0.361 e. The number of aromatic nitrogens is 1. The van der Waals surface area contributed by atoms with Gasteiger partial charge in [0.15, 0.2) is 0 Å². The summed E-state index contributed by atoms with van der Waals surface area (Å²) in [4.78, 5) is 29.2. The number of fused-ring (bicyclic) bond motifs is 1. The summed E-state index contributed by atoms with van der Waals surface area (Å²) in [7, 11) is 0. The van der Waals surface area contributed by atoms with Crippen LogP contribution in [0, 0.1) is 11.7 Å². The van der Waals surface area contributed by atoms with Crippen molar-refractivity contribution in [3.63, 3.8) is 0 Å². The molecule has 1 saturated heterocycles. The van der Waals surface area contributed by atoms with Crippen LogP contribution in [0.15, 0.2) is 24.4 Å². The van der Waals surface area contributed by atoms with Crippen molar-refractivity contribution < 1.29 is 14.0 Å². The molecule has 1 aliphatic rings. The summed E-state index contributed by atoms with van der Waals surface area (Å²) in [6.07, 6.45) is 4.76. The van der Waals surface area contributed by atoms with Gasteiger partial charge in [-0.25, -0.2) is 4.39 Å². The van der Waals surface area contributed by atoms with Crippen LogP contribution in [0.1, 0.15) is 31.7 Å². The number of benzene rings is 1. The molecular weight excluding hydrogens is 321 g/mol. The number of carbonyl (C=O) groups is 2. The molecule has 0 radical (unpaired) electrons. The van der Waals surface area contributed by atoms with Crippen LogP contribution in [-0.4, -0.2) is 41.3 Å². The summed E-state index contributed by atoms with van der Waals surface area (Å²) in [5.74, 6) is -0.542. The number of nitrogens with one attached hydrogen (secondary N) is 2. The average Bonchev–Trinajstić information content (AvgIpc) is 3.16. The molecule has 2 amide bonds. The third-order valence-electron chi connectivity index (χ3n) is 4.80. The lowest BCUT2D eigenvalue weighted by molar-refractivity contribution is -0.129. The van der Waals surface area contributed by atoms with E-state index in [-0.39, 0.29) is 30.0 Å². The predicted octanol–water partition coefficient (Wildman–Crippen LogP) is 2.61. The van der Waals surface area contributed by atoms with Crippen LogP contribution in [0.3, 0.4) is 0 Å². The molecule has 1 atom stereocenters. The number of carbonyl (C=O) groups excluding carboxylic acids is 2. The molecule has 2 aromatic rings. The minimum atomic E-state index is -0.269. The number of rotatable bonds is 7. The second-order valence-electron chi connectivity index (χ2n) is 6.64. The quantitative estimate of drug-likeness (QED) is 0.758. The molecule has 0 bridgehead atoms. The Morgan fingerprint density at radius 3 is 3.08 bits per heavy atom. The Balaban J connectivity index is 1.57. The first-order chi connectivity index (χ1) is 12.1. The molecule has 1 fully saturated rings. The van der Waals surface area contributed by atoms with Crippen LogP contribution in [0.5, 0.6) is 0 Å². The summed E-state index contributed by atoms with van der Waals surface area (Å²) in [5.41, 5.74) is 1.87. The highest BCUT2D eigenvalue weighted by atomic mass is 19.1. The Bertz CT molecular complexity index is 771. The van der Waals surface area contributed by atoms with E-state index in [1.54, 1.807) is 11.0 Å². The minimum Gasteiger partial charge on any atom is -0.361 e. The van der Waals surface area contributed by atoms with Gasteiger partial charge in [-0.05, 0) is 36.6 Å². The number of likely N-dealkylation sites (tertiary alicyclic amines) is 1. The molecule has 1 aliphatic heterocycles. The molecule has 1 unspecified atom stereocenters. The van der Waals surface area contributed by atoms with Gasteiger partial charge in [0.05, 0.1) is 5.92 Å². The van der Waals surface area contributed by atoms with E-state index in [4.69, 9.17) is 0 Å². The summed E-state index contributed by atoms with van der Waals surface area (Å²) in [6, 6.07) is 4.65. The zero-order valence-electron chi connectivity index (χ0n) is 14.5. The van der Waals surface area contributed by atoms with Crippen molar-refractivity contribution in [2.45, 2.75) is 32.6 Å². The van der Waals surface area contributed by atoms with Gasteiger partial charge in [-0.15, -0.1) is 0 Å². The summed E-state index contributed by atoms with van der Waals surface area (Å²) < 4.78 is 13.4. The normalized spacial score (nSPS) is 17.4. The SMILES string of the molecule is CCCCNC(=O)C1CC(=O)N(CCc2c[nH]c3ccc(F)cc23)C1. The zero-order valence-corrected chi connectivity index (χ0v) is 14.5. The topological polar surface area (TPSA) is 65.2 Å². The van der Waals surface area contributed by atoms with E-state index >= 15 is 0 Å². The van der Waals surface area contributed by atoms with E-state index in [0.29, 0.717) is 26.1 Å². The lowest BCUT2D eigenvalue weighted by Gasteiger charge is -2.16. The fraction of sp³-hybridized carbons (Fsp3) is 0.474. The predicted molar refractivity (Wildman–Crippen MR) is 94.6 cm³/mol. The van der Waals surface area contributed by atoms with Crippen LogP contribution < -0.4 is 5.32 Å². The minimum absolute atomic E-state index is 0.0154.